The molecule has 138 valence electrons. The second-order valence-corrected chi connectivity index (χ2v) is 7.59. The third-order valence-corrected chi connectivity index (χ3v) is 5.82. The normalized spacial score (nSPS) is 22.9. The van der Waals surface area contributed by atoms with Crippen molar-refractivity contribution in [3.05, 3.63) is 29.8 Å². The molecular weight excluding hydrogens is 314 g/mol. The molecule has 2 saturated heterocycles. The first-order valence-corrected chi connectivity index (χ1v) is 9.44. The summed E-state index contributed by atoms with van der Waals surface area (Å²) in [6.07, 6.45) is 5.23. The van der Waals surface area contributed by atoms with E-state index < -0.39 is 0 Å². The molecule has 2 heterocycles. The molecule has 1 aromatic rings. The second kappa shape index (κ2) is 8.19. The predicted octanol–water partition coefficient (Wildman–Crippen LogP) is 1.82. The third kappa shape index (κ3) is 4.33. The van der Waals surface area contributed by atoms with Gasteiger partial charge >= 0.3 is 0 Å². The minimum absolute atomic E-state index is 0.0318. The molecule has 2 fully saturated rings. The number of hydrogen-bond donors (Lipinski definition) is 2. The van der Waals surface area contributed by atoms with E-state index in [1.54, 1.807) is 7.11 Å². The molecule has 2 aliphatic rings. The van der Waals surface area contributed by atoms with Gasteiger partial charge in [0.25, 0.3) is 0 Å². The van der Waals surface area contributed by atoms with Gasteiger partial charge < -0.3 is 15.4 Å². The van der Waals surface area contributed by atoms with Crippen molar-refractivity contribution in [2.45, 2.75) is 38.1 Å². The highest BCUT2D eigenvalue weighted by atomic mass is 16.5. The Labute approximate surface area is 151 Å². The van der Waals surface area contributed by atoms with Crippen LogP contribution in [0, 0.1) is 5.41 Å². The number of likely N-dealkylation sites (tertiary alicyclic amines) is 1. The van der Waals surface area contributed by atoms with E-state index in [-0.39, 0.29) is 11.9 Å². The molecule has 5 heteroatoms. The number of carbonyl (C=O) groups is 1. The lowest BCUT2D eigenvalue weighted by Crippen LogP contribution is -2.41. The maximum Gasteiger partial charge on any atom is 0.237 e. The fraction of sp³-hybridized carbons (Fsp3) is 0.650. The molecule has 0 bridgehead atoms. The van der Waals surface area contributed by atoms with Crippen LogP contribution in [0.5, 0.6) is 5.75 Å². The van der Waals surface area contributed by atoms with Crippen molar-refractivity contribution in [2.24, 2.45) is 5.41 Å². The lowest BCUT2D eigenvalue weighted by Gasteiger charge is -2.33. The molecule has 1 atom stereocenters. The molecule has 1 aromatic carbocycles. The first-order valence-electron chi connectivity index (χ1n) is 9.44. The van der Waals surface area contributed by atoms with Crippen LogP contribution in [0.2, 0.25) is 0 Å². The van der Waals surface area contributed by atoms with Gasteiger partial charge in [-0.2, -0.15) is 0 Å². The molecule has 0 radical (unpaired) electrons. The number of methoxy groups -OCH3 is 1. The summed E-state index contributed by atoms with van der Waals surface area (Å²) < 4.78 is 5.38. The van der Waals surface area contributed by atoms with Crippen molar-refractivity contribution in [3.63, 3.8) is 0 Å². The number of ether oxygens (including phenoxy) is 1. The highest BCUT2D eigenvalue weighted by molar-refractivity contribution is 5.82. The molecule has 2 aliphatic heterocycles. The molecule has 2 N–H and O–H groups in total. The second-order valence-electron chi connectivity index (χ2n) is 7.59. The van der Waals surface area contributed by atoms with Crippen LogP contribution in [0.15, 0.2) is 24.3 Å². The molecule has 0 saturated carbocycles. The summed E-state index contributed by atoms with van der Waals surface area (Å²) in [5.74, 6) is 1.12. The van der Waals surface area contributed by atoms with E-state index in [1.807, 2.05) is 18.2 Å². The monoisotopic (exact) mass is 345 g/mol. The number of carbonyl (C=O) groups excluding carboxylic acids is 1. The van der Waals surface area contributed by atoms with Gasteiger partial charge in [-0.25, -0.2) is 0 Å². The highest BCUT2D eigenvalue weighted by Gasteiger charge is 2.45. The molecule has 25 heavy (non-hydrogen) atoms. The number of para-hydroxylation sites is 1. The number of rotatable bonds is 6. The van der Waals surface area contributed by atoms with Crippen LogP contribution in [0.4, 0.5) is 0 Å². The van der Waals surface area contributed by atoms with Gasteiger partial charge in [-0.1, -0.05) is 18.2 Å². The average molecular weight is 345 g/mol. The van der Waals surface area contributed by atoms with E-state index in [1.165, 1.54) is 18.4 Å². The van der Waals surface area contributed by atoms with Gasteiger partial charge in [-0.3, -0.25) is 9.69 Å². The number of aryl methyl sites for hydroxylation is 1. The molecule has 5 nitrogen and oxygen atoms in total. The van der Waals surface area contributed by atoms with Gasteiger partial charge in [0.05, 0.1) is 13.2 Å². The fourth-order valence-corrected chi connectivity index (χ4v) is 4.40. The lowest BCUT2D eigenvalue weighted by molar-refractivity contribution is -0.125. The molecule has 0 unspecified atom stereocenters. The average Bonchev–Trinajstić information content (AvgIpc) is 2.95. The van der Waals surface area contributed by atoms with Gasteiger partial charge in [-0.15, -0.1) is 0 Å². The quantitative estimate of drug-likeness (QED) is 0.772. The summed E-state index contributed by atoms with van der Waals surface area (Å²) >= 11 is 0. The van der Waals surface area contributed by atoms with Crippen LogP contribution in [0.3, 0.4) is 0 Å². The first kappa shape index (κ1) is 18.2. The summed E-state index contributed by atoms with van der Waals surface area (Å²) in [6.45, 7) is 3.94. The van der Waals surface area contributed by atoms with E-state index in [0.717, 1.165) is 51.2 Å². The number of nitrogens with zero attached hydrogens (tertiary/aromatic N) is 1. The van der Waals surface area contributed by atoms with Crippen LogP contribution in [0.1, 0.15) is 31.2 Å². The molecular formula is C20H31N3O2. The predicted molar refractivity (Wildman–Crippen MR) is 99.9 cm³/mol. The number of piperidine rings is 1. The number of hydrogen-bond acceptors (Lipinski definition) is 4. The van der Waals surface area contributed by atoms with Crippen LogP contribution < -0.4 is 15.4 Å². The highest BCUT2D eigenvalue weighted by Crippen LogP contribution is 2.41. The topological polar surface area (TPSA) is 53.6 Å². The minimum Gasteiger partial charge on any atom is -0.496 e. The van der Waals surface area contributed by atoms with E-state index >= 15 is 0 Å². The zero-order chi connectivity index (χ0) is 17.7. The zero-order valence-corrected chi connectivity index (χ0v) is 15.5. The van der Waals surface area contributed by atoms with Crippen molar-refractivity contribution in [1.82, 2.24) is 15.5 Å². The van der Waals surface area contributed by atoms with Gasteiger partial charge in [-0.05, 0) is 69.3 Å². The van der Waals surface area contributed by atoms with Crippen LogP contribution in [-0.2, 0) is 11.2 Å². The van der Waals surface area contributed by atoms with Crippen LogP contribution >= 0.6 is 0 Å². The Bertz CT molecular complexity index is 584. The molecule has 3 rings (SSSR count). The minimum atomic E-state index is 0.0318. The molecule has 0 aromatic heterocycles. The lowest BCUT2D eigenvalue weighted by atomic mass is 9.77. The van der Waals surface area contributed by atoms with Crippen molar-refractivity contribution >= 4 is 5.91 Å². The van der Waals surface area contributed by atoms with Crippen LogP contribution in [-0.4, -0.2) is 57.2 Å². The van der Waals surface area contributed by atoms with Crippen molar-refractivity contribution in [2.75, 3.05) is 40.3 Å². The Morgan fingerprint density at radius 2 is 2.12 bits per heavy atom. The number of amides is 1. The SMILES string of the molecule is COc1ccccc1CCCNC(=O)[C@H]1CC2(CCNCC2)CN1C. The Hall–Kier alpha value is -1.59. The third-order valence-electron chi connectivity index (χ3n) is 5.82. The van der Waals surface area contributed by atoms with Gasteiger partial charge in [0.2, 0.25) is 5.91 Å². The number of benzene rings is 1. The van der Waals surface area contributed by atoms with Gasteiger partial charge in [0, 0.05) is 13.1 Å². The van der Waals surface area contributed by atoms with Crippen molar-refractivity contribution in [1.29, 1.82) is 0 Å². The maximum absolute atomic E-state index is 12.6. The van der Waals surface area contributed by atoms with E-state index in [4.69, 9.17) is 4.74 Å². The van der Waals surface area contributed by atoms with Gasteiger partial charge in [0.1, 0.15) is 5.75 Å². The Balaban J connectivity index is 1.45. The number of nitrogens with one attached hydrogen (secondary N) is 2. The number of likely N-dealkylation sites (N-methyl/N-ethyl adjacent to an activating group) is 1. The van der Waals surface area contributed by atoms with Crippen LogP contribution in [0.25, 0.3) is 0 Å². The Morgan fingerprint density at radius 1 is 1.36 bits per heavy atom. The summed E-state index contributed by atoms with van der Waals surface area (Å²) in [6, 6.07) is 8.12. The maximum atomic E-state index is 12.6. The summed E-state index contributed by atoms with van der Waals surface area (Å²) in [4.78, 5) is 14.9. The van der Waals surface area contributed by atoms with E-state index in [0.29, 0.717) is 5.41 Å². The molecule has 0 aliphatic carbocycles. The van der Waals surface area contributed by atoms with E-state index in [2.05, 4.69) is 28.6 Å². The Kier molecular flexibility index (Phi) is 5.97. The van der Waals surface area contributed by atoms with Crippen molar-refractivity contribution < 1.29 is 9.53 Å². The zero-order valence-electron chi connectivity index (χ0n) is 15.5. The smallest absolute Gasteiger partial charge is 0.237 e. The largest absolute Gasteiger partial charge is 0.496 e. The first-order chi connectivity index (χ1) is 12.1. The Morgan fingerprint density at radius 3 is 2.88 bits per heavy atom. The standard InChI is InChI=1S/C20H31N3O2/c1-23-15-20(9-12-21-13-10-20)14-17(23)19(24)22-11-5-7-16-6-3-4-8-18(16)25-2/h3-4,6,8,17,21H,5,7,9-15H2,1-2H3,(H,22,24)/t17-/m1/s1. The summed E-state index contributed by atoms with van der Waals surface area (Å²) in [5.41, 5.74) is 1.55. The molecule has 1 amide bonds. The van der Waals surface area contributed by atoms with Gasteiger partial charge in [0.15, 0.2) is 0 Å². The van der Waals surface area contributed by atoms with E-state index in [9.17, 15) is 4.79 Å². The molecule has 1 spiro atoms. The summed E-state index contributed by atoms with van der Waals surface area (Å²) in [5, 5.41) is 6.58. The fourth-order valence-electron chi connectivity index (χ4n) is 4.40. The summed E-state index contributed by atoms with van der Waals surface area (Å²) in [7, 11) is 3.79. The van der Waals surface area contributed by atoms with Crippen molar-refractivity contribution in [3.8, 4) is 5.75 Å².